The van der Waals surface area contributed by atoms with E-state index in [0.717, 1.165) is 6.42 Å². The average molecular weight is 210 g/mol. The Labute approximate surface area is 85.4 Å². The zero-order chi connectivity index (χ0) is 10.2. The zero-order valence-electron chi connectivity index (χ0n) is 7.53. The number of carboxylic acid groups (broad SMARTS) is 1. The van der Waals surface area contributed by atoms with E-state index in [4.69, 9.17) is 5.11 Å². The maximum atomic E-state index is 11.9. The van der Waals surface area contributed by atoms with Crippen LogP contribution in [0.3, 0.4) is 0 Å². The summed E-state index contributed by atoms with van der Waals surface area (Å²) in [5.74, 6) is -1.19. The number of Topliss-reactive ketones (excluding diaryl/α,β-unsaturated/α-hetero) is 1. The van der Waals surface area contributed by atoms with E-state index in [1.165, 1.54) is 11.3 Å². The molecule has 1 heterocycles. The third-order valence-electron chi connectivity index (χ3n) is 2.80. The van der Waals surface area contributed by atoms with E-state index in [1.807, 2.05) is 0 Å². The molecule has 14 heavy (non-hydrogen) atoms. The number of carboxylic acids is 1. The van der Waals surface area contributed by atoms with Gasteiger partial charge in [-0.25, -0.2) is 0 Å². The largest absolute Gasteiger partial charge is 0.480 e. The molecule has 1 aliphatic rings. The predicted molar refractivity (Wildman–Crippen MR) is 52.6 cm³/mol. The highest BCUT2D eigenvalue weighted by Gasteiger charge is 2.51. The lowest BCUT2D eigenvalue weighted by Gasteiger charge is -2.35. The van der Waals surface area contributed by atoms with Crippen molar-refractivity contribution in [1.29, 1.82) is 0 Å². The van der Waals surface area contributed by atoms with E-state index < -0.39 is 11.4 Å². The van der Waals surface area contributed by atoms with E-state index in [1.54, 1.807) is 17.5 Å². The number of rotatable bonds is 3. The van der Waals surface area contributed by atoms with Crippen LogP contribution in [0.5, 0.6) is 0 Å². The SMILES string of the molecule is O=C(O)C1(C(=O)c2cccs2)CCC1. The Morgan fingerprint density at radius 3 is 2.50 bits per heavy atom. The van der Waals surface area contributed by atoms with Crippen LogP contribution in [0.15, 0.2) is 17.5 Å². The fourth-order valence-corrected chi connectivity index (χ4v) is 2.48. The second-order valence-corrected chi connectivity index (χ2v) is 4.49. The highest BCUT2D eigenvalue weighted by Crippen LogP contribution is 2.44. The summed E-state index contributed by atoms with van der Waals surface area (Å²) in [4.78, 5) is 23.5. The van der Waals surface area contributed by atoms with Crippen molar-refractivity contribution < 1.29 is 14.7 Å². The van der Waals surface area contributed by atoms with Crippen molar-refractivity contribution in [3.63, 3.8) is 0 Å². The Morgan fingerprint density at radius 1 is 1.43 bits per heavy atom. The Morgan fingerprint density at radius 2 is 2.14 bits per heavy atom. The molecule has 1 aromatic heterocycles. The molecule has 0 radical (unpaired) electrons. The molecule has 0 spiro atoms. The molecule has 74 valence electrons. The van der Waals surface area contributed by atoms with Crippen LogP contribution in [0.25, 0.3) is 0 Å². The topological polar surface area (TPSA) is 54.4 Å². The molecule has 0 saturated heterocycles. The van der Waals surface area contributed by atoms with Crippen molar-refractivity contribution in [2.45, 2.75) is 19.3 Å². The molecule has 3 nitrogen and oxygen atoms in total. The van der Waals surface area contributed by atoms with Crippen LogP contribution in [0.1, 0.15) is 28.9 Å². The summed E-state index contributed by atoms with van der Waals surface area (Å²) in [6, 6.07) is 3.46. The maximum Gasteiger partial charge on any atom is 0.317 e. The minimum absolute atomic E-state index is 0.216. The van der Waals surface area contributed by atoms with Crippen LogP contribution in [-0.4, -0.2) is 16.9 Å². The highest BCUT2D eigenvalue weighted by molar-refractivity contribution is 7.12. The molecule has 0 aliphatic heterocycles. The number of hydrogen-bond acceptors (Lipinski definition) is 3. The summed E-state index contributed by atoms with van der Waals surface area (Å²) < 4.78 is 0. The van der Waals surface area contributed by atoms with Crippen LogP contribution >= 0.6 is 11.3 Å². The van der Waals surface area contributed by atoms with Gasteiger partial charge < -0.3 is 5.11 Å². The van der Waals surface area contributed by atoms with Gasteiger partial charge in [0, 0.05) is 0 Å². The van der Waals surface area contributed by atoms with Gasteiger partial charge in [-0.1, -0.05) is 12.5 Å². The molecule has 0 amide bonds. The molecule has 1 aromatic rings. The molecule has 1 saturated carbocycles. The third kappa shape index (κ3) is 1.18. The van der Waals surface area contributed by atoms with Crippen molar-refractivity contribution in [3.8, 4) is 0 Å². The molecular weight excluding hydrogens is 200 g/mol. The van der Waals surface area contributed by atoms with E-state index in [2.05, 4.69) is 0 Å². The second kappa shape index (κ2) is 3.20. The zero-order valence-corrected chi connectivity index (χ0v) is 8.34. The molecule has 0 aromatic carbocycles. The van der Waals surface area contributed by atoms with Gasteiger partial charge in [-0.3, -0.25) is 9.59 Å². The Bertz CT molecular complexity index is 363. The third-order valence-corrected chi connectivity index (χ3v) is 3.66. The lowest BCUT2D eigenvalue weighted by molar-refractivity contribution is -0.150. The number of carbonyl (C=O) groups is 2. The van der Waals surface area contributed by atoms with Crippen molar-refractivity contribution in [2.75, 3.05) is 0 Å². The molecule has 1 aliphatic carbocycles. The van der Waals surface area contributed by atoms with Crippen molar-refractivity contribution in [3.05, 3.63) is 22.4 Å². The lowest BCUT2D eigenvalue weighted by atomic mass is 9.65. The predicted octanol–water partition coefficient (Wildman–Crippen LogP) is 2.19. The maximum absolute atomic E-state index is 11.9. The minimum Gasteiger partial charge on any atom is -0.480 e. The summed E-state index contributed by atoms with van der Waals surface area (Å²) in [6.45, 7) is 0. The van der Waals surface area contributed by atoms with Gasteiger partial charge in [-0.05, 0) is 24.3 Å². The van der Waals surface area contributed by atoms with Gasteiger partial charge in [0.05, 0.1) is 4.88 Å². The van der Waals surface area contributed by atoms with Crippen LogP contribution < -0.4 is 0 Å². The second-order valence-electron chi connectivity index (χ2n) is 3.55. The first-order valence-electron chi connectivity index (χ1n) is 4.48. The van der Waals surface area contributed by atoms with Gasteiger partial charge >= 0.3 is 5.97 Å². The van der Waals surface area contributed by atoms with Gasteiger partial charge in [-0.2, -0.15) is 0 Å². The van der Waals surface area contributed by atoms with Gasteiger partial charge in [0.2, 0.25) is 0 Å². The number of ketones is 1. The average Bonchev–Trinajstić information content (AvgIpc) is 2.51. The lowest BCUT2D eigenvalue weighted by Crippen LogP contribution is -2.44. The number of thiophene rings is 1. The van der Waals surface area contributed by atoms with Crippen LogP contribution in [0.4, 0.5) is 0 Å². The van der Waals surface area contributed by atoms with E-state index >= 15 is 0 Å². The molecule has 0 atom stereocenters. The molecule has 0 unspecified atom stereocenters. The van der Waals surface area contributed by atoms with Crippen LogP contribution in [0.2, 0.25) is 0 Å². The molecule has 2 rings (SSSR count). The summed E-state index contributed by atoms with van der Waals surface area (Å²) >= 11 is 1.31. The van der Waals surface area contributed by atoms with Gasteiger partial charge in [0.15, 0.2) is 5.78 Å². The summed E-state index contributed by atoms with van der Waals surface area (Å²) in [7, 11) is 0. The van der Waals surface area contributed by atoms with Crippen LogP contribution in [0, 0.1) is 5.41 Å². The minimum atomic E-state index is -1.11. The molecule has 4 heteroatoms. The van der Waals surface area contributed by atoms with E-state index in [9.17, 15) is 9.59 Å². The first-order chi connectivity index (χ1) is 6.67. The number of hydrogen-bond donors (Lipinski definition) is 1. The standard InChI is InChI=1S/C10H10O3S/c11-8(7-3-1-6-14-7)10(9(12)13)4-2-5-10/h1,3,6H,2,4-5H2,(H,12,13). The van der Waals surface area contributed by atoms with Gasteiger partial charge in [-0.15, -0.1) is 11.3 Å². The Balaban J connectivity index is 2.30. The molecule has 1 fully saturated rings. The van der Waals surface area contributed by atoms with Gasteiger partial charge in [0.25, 0.3) is 0 Å². The Hall–Kier alpha value is -1.16. The fourth-order valence-electron chi connectivity index (χ4n) is 1.71. The highest BCUT2D eigenvalue weighted by atomic mass is 32.1. The van der Waals surface area contributed by atoms with E-state index in [-0.39, 0.29) is 5.78 Å². The summed E-state index contributed by atoms with van der Waals surface area (Å²) in [5.41, 5.74) is -1.11. The smallest absolute Gasteiger partial charge is 0.317 e. The normalized spacial score (nSPS) is 18.6. The number of carbonyl (C=O) groups excluding carboxylic acids is 1. The van der Waals surface area contributed by atoms with Crippen molar-refractivity contribution in [1.82, 2.24) is 0 Å². The van der Waals surface area contributed by atoms with Gasteiger partial charge in [0.1, 0.15) is 5.41 Å². The summed E-state index contributed by atoms with van der Waals surface area (Å²) in [6.07, 6.45) is 1.81. The Kier molecular flexibility index (Phi) is 2.15. The quantitative estimate of drug-likeness (QED) is 0.614. The van der Waals surface area contributed by atoms with Crippen LogP contribution in [-0.2, 0) is 4.79 Å². The first kappa shape index (κ1) is 9.40. The molecule has 0 bridgehead atoms. The molecule has 1 N–H and O–H groups in total. The molecular formula is C10H10O3S. The number of aliphatic carboxylic acids is 1. The van der Waals surface area contributed by atoms with Crippen molar-refractivity contribution in [2.24, 2.45) is 5.41 Å². The van der Waals surface area contributed by atoms with E-state index in [0.29, 0.717) is 17.7 Å². The monoisotopic (exact) mass is 210 g/mol. The summed E-state index contributed by atoms with van der Waals surface area (Å²) in [5, 5.41) is 10.8. The fraction of sp³-hybridized carbons (Fsp3) is 0.400. The first-order valence-corrected chi connectivity index (χ1v) is 5.36. The van der Waals surface area contributed by atoms with Crippen molar-refractivity contribution >= 4 is 23.1 Å².